The Kier molecular flexibility index (Phi) is 7.55. The van der Waals surface area contributed by atoms with Gasteiger partial charge in [-0.3, -0.25) is 0 Å². The number of halogens is 2. The molecular formula is C27H26ClFN6O2S. The molecule has 0 amide bonds. The monoisotopic (exact) mass is 552 g/mol. The van der Waals surface area contributed by atoms with Crippen LogP contribution < -0.4 is 5.73 Å². The van der Waals surface area contributed by atoms with Crippen LogP contribution in [0, 0.1) is 5.82 Å². The van der Waals surface area contributed by atoms with Gasteiger partial charge in [-0.15, -0.1) is 4.40 Å². The van der Waals surface area contributed by atoms with Crippen LogP contribution in [0.15, 0.2) is 93.4 Å². The maximum atomic E-state index is 13.5. The lowest BCUT2D eigenvalue weighted by Crippen LogP contribution is -2.32. The number of guanidine groups is 1. The molecule has 0 radical (unpaired) electrons. The van der Waals surface area contributed by atoms with E-state index < -0.39 is 16.0 Å². The van der Waals surface area contributed by atoms with Crippen molar-refractivity contribution in [3.05, 3.63) is 106 Å². The van der Waals surface area contributed by atoms with Gasteiger partial charge in [-0.05, 0) is 60.4 Å². The Labute approximate surface area is 226 Å². The topological polar surface area (TPSA) is 104 Å². The number of hydrazone groups is 1. The van der Waals surface area contributed by atoms with Gasteiger partial charge >= 0.3 is 10.2 Å². The highest BCUT2D eigenvalue weighted by molar-refractivity contribution is 7.87. The summed E-state index contributed by atoms with van der Waals surface area (Å²) in [6.45, 7) is 1.07. The number of nitrogens with two attached hydrogens (primary N) is 1. The molecule has 38 heavy (non-hydrogen) atoms. The number of amidine groups is 1. The summed E-state index contributed by atoms with van der Waals surface area (Å²) in [4.78, 5) is 4.40. The molecule has 196 valence electrons. The third kappa shape index (κ3) is 5.77. The molecule has 11 heteroatoms. The average Bonchev–Trinajstić information content (AvgIpc) is 3.61. The van der Waals surface area contributed by atoms with E-state index in [1.807, 2.05) is 42.5 Å². The molecule has 0 bridgehead atoms. The van der Waals surface area contributed by atoms with E-state index in [4.69, 9.17) is 22.4 Å². The van der Waals surface area contributed by atoms with Gasteiger partial charge in [0.15, 0.2) is 0 Å². The summed E-state index contributed by atoms with van der Waals surface area (Å²) in [5.41, 5.74) is 9.23. The van der Waals surface area contributed by atoms with Gasteiger partial charge in [0.25, 0.3) is 5.96 Å². The van der Waals surface area contributed by atoms with E-state index in [1.54, 1.807) is 12.1 Å². The zero-order chi connectivity index (χ0) is 26.7. The van der Waals surface area contributed by atoms with Crippen molar-refractivity contribution < 1.29 is 12.8 Å². The summed E-state index contributed by atoms with van der Waals surface area (Å²) in [7, 11) is -4.03. The number of nitrogens with zero attached hydrogens (tertiary/aromatic N) is 5. The first-order valence-corrected chi connectivity index (χ1v) is 13.9. The van der Waals surface area contributed by atoms with E-state index in [0.717, 1.165) is 29.7 Å². The highest BCUT2D eigenvalue weighted by Crippen LogP contribution is 2.30. The normalized spacial score (nSPS) is 19.2. The number of rotatable bonds is 5. The van der Waals surface area contributed by atoms with Gasteiger partial charge in [0.05, 0.1) is 12.3 Å². The molecule has 2 aliphatic rings. The second-order valence-electron chi connectivity index (χ2n) is 9.02. The van der Waals surface area contributed by atoms with Crippen molar-refractivity contribution in [3.63, 3.8) is 0 Å². The van der Waals surface area contributed by atoms with Crippen LogP contribution in [-0.4, -0.2) is 54.9 Å². The summed E-state index contributed by atoms with van der Waals surface area (Å²) >= 11 is 6.12. The standard InChI is InChI=1S/C27H26ClFN6O2S/c28-22-12-8-20(9-13-22)25-24(19-6-2-1-3-7-19)18-35(32-25)27(33-38(36,37)34-16-4-5-17-34)31-26(30)21-10-14-23(29)15-11-21/h1-3,6-15,24H,4-5,16-18H2,(H2,30,31,33). The highest BCUT2D eigenvalue weighted by Gasteiger charge is 2.34. The molecule has 1 saturated heterocycles. The van der Waals surface area contributed by atoms with E-state index in [2.05, 4.69) is 9.39 Å². The molecule has 0 saturated carbocycles. The van der Waals surface area contributed by atoms with E-state index in [0.29, 0.717) is 23.7 Å². The van der Waals surface area contributed by atoms with E-state index in [9.17, 15) is 12.8 Å². The third-order valence-corrected chi connectivity index (χ3v) is 8.10. The molecule has 2 heterocycles. The van der Waals surface area contributed by atoms with Crippen molar-refractivity contribution in [1.82, 2.24) is 9.31 Å². The first-order valence-electron chi connectivity index (χ1n) is 12.2. The van der Waals surface area contributed by atoms with Gasteiger partial charge in [-0.25, -0.2) is 9.40 Å². The molecule has 1 atom stereocenters. The minimum absolute atomic E-state index is 0.00761. The first kappa shape index (κ1) is 26.0. The average molecular weight is 553 g/mol. The molecule has 8 nitrogen and oxygen atoms in total. The van der Waals surface area contributed by atoms with E-state index in [1.165, 1.54) is 33.6 Å². The molecule has 5 rings (SSSR count). The van der Waals surface area contributed by atoms with Gasteiger partial charge < -0.3 is 5.73 Å². The molecule has 3 aromatic carbocycles. The molecule has 0 spiro atoms. The summed E-state index contributed by atoms with van der Waals surface area (Å²) in [5.74, 6) is -0.788. The summed E-state index contributed by atoms with van der Waals surface area (Å²) in [6, 6.07) is 22.6. The Bertz CT molecular complexity index is 1490. The lowest BCUT2D eigenvalue weighted by molar-refractivity contribution is 0.461. The van der Waals surface area contributed by atoms with Crippen LogP contribution in [0.25, 0.3) is 0 Å². The summed E-state index contributed by atoms with van der Waals surface area (Å²) in [6.07, 6.45) is 1.54. The van der Waals surface area contributed by atoms with Gasteiger partial charge in [0, 0.05) is 29.6 Å². The Hall–Kier alpha value is -3.60. The molecule has 0 aliphatic carbocycles. The van der Waals surface area contributed by atoms with Crippen molar-refractivity contribution in [2.75, 3.05) is 19.6 Å². The number of hydrogen-bond acceptors (Lipinski definition) is 3. The Morgan fingerprint density at radius 3 is 2.29 bits per heavy atom. The van der Waals surface area contributed by atoms with Crippen molar-refractivity contribution in [2.24, 2.45) is 20.2 Å². The largest absolute Gasteiger partial charge is 0.383 e. The molecule has 0 aromatic heterocycles. The van der Waals surface area contributed by atoms with Gasteiger partial charge in [-0.2, -0.15) is 22.8 Å². The second-order valence-corrected chi connectivity index (χ2v) is 11.0. The molecule has 2 aliphatic heterocycles. The molecule has 2 N–H and O–H groups in total. The van der Waals surface area contributed by atoms with Gasteiger partial charge in [0.2, 0.25) is 0 Å². The molecule has 1 unspecified atom stereocenters. The second kappa shape index (κ2) is 11.0. The fourth-order valence-corrected chi connectivity index (χ4v) is 5.76. The minimum Gasteiger partial charge on any atom is -0.383 e. The van der Waals surface area contributed by atoms with E-state index >= 15 is 0 Å². The fraction of sp³-hybridized carbons (Fsp3) is 0.222. The zero-order valence-corrected chi connectivity index (χ0v) is 22.0. The van der Waals surface area contributed by atoms with E-state index in [-0.39, 0.29) is 24.3 Å². The lowest BCUT2D eigenvalue weighted by Gasteiger charge is -2.18. The smallest absolute Gasteiger partial charge is 0.325 e. The molecule has 1 fully saturated rings. The van der Waals surface area contributed by atoms with Gasteiger partial charge in [-0.1, -0.05) is 54.1 Å². The zero-order valence-electron chi connectivity index (χ0n) is 20.4. The van der Waals surface area contributed by atoms with Crippen LogP contribution in [0.2, 0.25) is 5.02 Å². The van der Waals surface area contributed by atoms with Crippen LogP contribution in [0.3, 0.4) is 0 Å². The molecule has 3 aromatic rings. The fourth-order valence-electron chi connectivity index (χ4n) is 4.45. The van der Waals surface area contributed by atoms with Crippen molar-refractivity contribution in [2.45, 2.75) is 18.8 Å². The van der Waals surface area contributed by atoms with Crippen molar-refractivity contribution in [3.8, 4) is 0 Å². The number of benzene rings is 3. The van der Waals surface area contributed by atoms with Gasteiger partial charge in [0.1, 0.15) is 11.7 Å². The van der Waals surface area contributed by atoms with Crippen molar-refractivity contribution >= 4 is 39.3 Å². The van der Waals surface area contributed by atoms with Crippen LogP contribution >= 0.6 is 11.6 Å². The predicted molar refractivity (Wildman–Crippen MR) is 148 cm³/mol. The van der Waals surface area contributed by atoms with Crippen LogP contribution in [0.1, 0.15) is 35.4 Å². The van der Waals surface area contributed by atoms with Crippen LogP contribution in [-0.2, 0) is 10.2 Å². The van der Waals surface area contributed by atoms with Crippen LogP contribution in [0.5, 0.6) is 0 Å². The number of hydrogen-bond donors (Lipinski definition) is 1. The Morgan fingerprint density at radius 1 is 0.974 bits per heavy atom. The summed E-state index contributed by atoms with van der Waals surface area (Å²) in [5, 5.41) is 6.85. The number of aliphatic imine (C=N–C) groups is 1. The third-order valence-electron chi connectivity index (χ3n) is 6.44. The van der Waals surface area contributed by atoms with Crippen molar-refractivity contribution in [1.29, 1.82) is 0 Å². The summed E-state index contributed by atoms with van der Waals surface area (Å²) < 4.78 is 45.3. The lowest BCUT2D eigenvalue weighted by atomic mass is 9.91. The minimum atomic E-state index is -4.03. The SMILES string of the molecule is N/C(=N\C(=N\S(=O)(=O)N1CCCC1)N1CC(c2ccccc2)C(c2ccc(Cl)cc2)=N1)c1ccc(F)cc1. The highest BCUT2D eigenvalue weighted by atomic mass is 35.5. The Balaban J connectivity index is 1.60. The van der Waals surface area contributed by atoms with Crippen LogP contribution in [0.4, 0.5) is 4.39 Å². The first-order chi connectivity index (χ1) is 18.3. The predicted octanol–water partition coefficient (Wildman–Crippen LogP) is 4.38. The molecular weight excluding hydrogens is 527 g/mol. The maximum Gasteiger partial charge on any atom is 0.325 e. The Morgan fingerprint density at radius 2 is 1.63 bits per heavy atom. The quantitative estimate of drug-likeness (QED) is 0.374. The maximum absolute atomic E-state index is 13.5.